The number of carboxylic acids is 2. The van der Waals surface area contributed by atoms with Gasteiger partial charge in [0.25, 0.3) is 0 Å². The number of carboxylic acid groups (broad SMARTS) is 2. The van der Waals surface area contributed by atoms with Gasteiger partial charge >= 0.3 is 16.8 Å². The van der Waals surface area contributed by atoms with Crippen LogP contribution in [0.25, 0.3) is 0 Å². The van der Waals surface area contributed by atoms with Gasteiger partial charge < -0.3 is 30.0 Å². The molecule has 0 saturated carbocycles. The van der Waals surface area contributed by atoms with Crippen LogP contribution >= 0.6 is 0 Å². The number of nitrogens with zero attached hydrogens (tertiary/aromatic N) is 2. The molecule has 0 heterocycles. The minimum Gasteiger partial charge on any atom is -0.550 e. The number of aryl methyl sites for hydroxylation is 2. The van der Waals surface area contributed by atoms with Gasteiger partial charge in [0.05, 0.1) is 13.1 Å². The Labute approximate surface area is 243 Å². The van der Waals surface area contributed by atoms with E-state index in [1.54, 1.807) is 12.4 Å². The molecule has 0 amide bonds. The second-order valence-electron chi connectivity index (χ2n) is 11.0. The van der Waals surface area contributed by atoms with E-state index in [9.17, 15) is 10.2 Å². The van der Waals surface area contributed by atoms with Gasteiger partial charge in [-0.2, -0.15) is 0 Å². The molecule has 0 aliphatic rings. The van der Waals surface area contributed by atoms with Crippen molar-refractivity contribution >= 4 is 24.4 Å². The number of hydrogen-bond acceptors (Lipinski definition) is 8. The summed E-state index contributed by atoms with van der Waals surface area (Å²) in [6, 6.07) is 8.04. The molecule has 0 fully saturated rings. The Bertz CT molecular complexity index is 1060. The van der Waals surface area contributed by atoms with E-state index in [0.717, 1.165) is 36.1 Å². The number of carbonyl (C=O) groups excluding carboxylic acids is 2. The normalized spacial score (nSPS) is 11.2. The largest absolute Gasteiger partial charge is 2.00 e. The van der Waals surface area contributed by atoms with E-state index in [1.165, 1.54) is 11.1 Å². The third kappa shape index (κ3) is 15.1. The van der Waals surface area contributed by atoms with Gasteiger partial charge in [0.2, 0.25) is 0 Å². The van der Waals surface area contributed by atoms with Crippen molar-refractivity contribution in [3.8, 4) is 11.5 Å². The minimum atomic E-state index is -1.08. The van der Waals surface area contributed by atoms with Crippen molar-refractivity contribution in [2.45, 2.75) is 80.1 Å². The number of phenolic OH excluding ortho intramolecular Hbond substituents is 2. The van der Waals surface area contributed by atoms with E-state index in [-0.39, 0.29) is 39.1 Å². The molecule has 1 radical (unpaired) electrons. The zero-order valence-corrected chi connectivity index (χ0v) is 25.7. The van der Waals surface area contributed by atoms with Gasteiger partial charge in [-0.3, -0.25) is 9.98 Å². The first-order valence-corrected chi connectivity index (χ1v) is 12.3. The van der Waals surface area contributed by atoms with Crippen molar-refractivity contribution < 1.29 is 46.8 Å². The summed E-state index contributed by atoms with van der Waals surface area (Å²) in [7, 11) is 0. The molecule has 0 bridgehead atoms. The smallest absolute Gasteiger partial charge is 0.550 e. The molecule has 0 atom stereocenters. The number of hydrogen-bond donors (Lipinski definition) is 2. The summed E-state index contributed by atoms with van der Waals surface area (Å²) in [6.07, 6.45) is 3.43. The van der Waals surface area contributed by atoms with E-state index < -0.39 is 11.9 Å². The fourth-order valence-corrected chi connectivity index (χ4v) is 3.12. The second-order valence-corrected chi connectivity index (χ2v) is 11.0. The van der Waals surface area contributed by atoms with E-state index in [4.69, 9.17) is 19.8 Å². The van der Waals surface area contributed by atoms with Crippen LogP contribution in [0.5, 0.6) is 11.5 Å². The van der Waals surface area contributed by atoms with Crippen molar-refractivity contribution in [2.24, 2.45) is 9.98 Å². The Hall–Kier alpha value is -3.17. The van der Waals surface area contributed by atoms with Crippen LogP contribution in [0.3, 0.4) is 0 Å². The van der Waals surface area contributed by atoms with Crippen LogP contribution in [0.1, 0.15) is 88.8 Å². The fourth-order valence-electron chi connectivity index (χ4n) is 3.12. The Morgan fingerprint density at radius 1 is 0.718 bits per heavy atom. The van der Waals surface area contributed by atoms with Crippen LogP contribution in [0.4, 0.5) is 0 Å². The van der Waals surface area contributed by atoms with Gasteiger partial charge in [0.15, 0.2) is 0 Å². The predicted octanol–water partition coefficient (Wildman–Crippen LogP) is 3.36. The van der Waals surface area contributed by atoms with E-state index in [1.807, 2.05) is 38.1 Å². The minimum absolute atomic E-state index is 0. The molecule has 0 spiro atoms. The fraction of sp³-hybridized carbons (Fsp3) is 0.467. The summed E-state index contributed by atoms with van der Waals surface area (Å²) in [5.41, 5.74) is 5.52. The Kier molecular flexibility index (Phi) is 16.3. The molecule has 9 heteroatoms. The first-order valence-electron chi connectivity index (χ1n) is 12.3. The average Bonchev–Trinajstić information content (AvgIpc) is 2.73. The molecule has 39 heavy (non-hydrogen) atoms. The number of aliphatic carboxylic acids is 2. The second kappa shape index (κ2) is 16.7. The molecule has 0 aliphatic heterocycles. The van der Waals surface area contributed by atoms with Gasteiger partial charge in [-0.15, -0.1) is 0 Å². The Morgan fingerprint density at radius 2 is 0.974 bits per heavy atom. The topological polar surface area (TPSA) is 145 Å². The van der Waals surface area contributed by atoms with Crippen molar-refractivity contribution in [2.75, 3.05) is 13.1 Å². The quantitative estimate of drug-likeness (QED) is 0.407. The predicted molar refractivity (Wildman–Crippen MR) is 149 cm³/mol. The molecule has 217 valence electrons. The molecule has 2 aromatic carbocycles. The summed E-state index contributed by atoms with van der Waals surface area (Å²) >= 11 is 0. The van der Waals surface area contributed by atoms with Gasteiger partial charge in [-0.1, -0.05) is 53.7 Å². The average molecular weight is 586 g/mol. The van der Waals surface area contributed by atoms with Crippen LogP contribution in [0, 0.1) is 13.8 Å². The van der Waals surface area contributed by atoms with Gasteiger partial charge in [-0.05, 0) is 72.9 Å². The van der Waals surface area contributed by atoms with Crippen LogP contribution in [-0.4, -0.2) is 47.7 Å². The first-order chi connectivity index (χ1) is 17.3. The van der Waals surface area contributed by atoms with Crippen LogP contribution < -0.4 is 10.2 Å². The van der Waals surface area contributed by atoms with Gasteiger partial charge in [0.1, 0.15) is 11.5 Å². The first kappa shape index (κ1) is 38.0. The van der Waals surface area contributed by atoms with Crippen molar-refractivity contribution in [3.05, 3.63) is 57.6 Å². The van der Waals surface area contributed by atoms with Gasteiger partial charge in [0, 0.05) is 35.5 Å². The summed E-state index contributed by atoms with van der Waals surface area (Å²) in [4.78, 5) is 26.6. The number of rotatable bonds is 5. The molecule has 2 rings (SSSR count). The molecule has 0 aliphatic carbocycles. The monoisotopic (exact) mass is 585 g/mol. The number of carbonyl (C=O) groups is 2. The number of benzene rings is 2. The molecular formula is C30H42CoN2O6. The maximum absolute atomic E-state index is 10.3. The van der Waals surface area contributed by atoms with Crippen molar-refractivity contribution in [1.82, 2.24) is 0 Å². The van der Waals surface area contributed by atoms with E-state index in [2.05, 4.69) is 51.5 Å². The summed E-state index contributed by atoms with van der Waals surface area (Å²) in [5, 5.41) is 38.5. The van der Waals surface area contributed by atoms with E-state index >= 15 is 0 Å². The summed E-state index contributed by atoms with van der Waals surface area (Å²) in [5.74, 6) is -1.62. The molecule has 8 nitrogen and oxygen atoms in total. The molecule has 2 aromatic rings. The standard InChI is InChI=1S/C26H36N2O2.2C2H4O2.Co/c1-17-11-21(25(3,4)5)13-19(23(17)29)15-27-9-10-28-16-20-14-22(26(6,7)8)12-18(2)24(20)30;2*1-2(3)4;/h11-16,29-30H,9-10H2,1-8H3;2*1H3,(H,3,4);/q;;;+2/p-2. The van der Waals surface area contributed by atoms with Crippen molar-refractivity contribution in [3.63, 3.8) is 0 Å². The summed E-state index contributed by atoms with van der Waals surface area (Å²) < 4.78 is 0. The molecule has 0 unspecified atom stereocenters. The van der Waals surface area contributed by atoms with Crippen LogP contribution in [0.15, 0.2) is 34.3 Å². The van der Waals surface area contributed by atoms with Crippen LogP contribution in [-0.2, 0) is 37.2 Å². The summed E-state index contributed by atoms with van der Waals surface area (Å²) in [6.45, 7) is 19.7. The molecule has 2 N–H and O–H groups in total. The third-order valence-electron chi connectivity index (χ3n) is 5.21. The third-order valence-corrected chi connectivity index (χ3v) is 5.21. The molecular weight excluding hydrogens is 543 g/mol. The zero-order chi connectivity index (χ0) is 29.8. The zero-order valence-electron chi connectivity index (χ0n) is 24.6. The van der Waals surface area contributed by atoms with Crippen LogP contribution in [0.2, 0.25) is 0 Å². The molecule has 0 aromatic heterocycles. The number of phenols is 2. The Balaban J connectivity index is 0. The van der Waals surface area contributed by atoms with E-state index in [0.29, 0.717) is 13.1 Å². The Morgan fingerprint density at radius 3 is 1.21 bits per heavy atom. The maximum atomic E-state index is 10.3. The maximum Gasteiger partial charge on any atom is 2.00 e. The number of aliphatic imine (C=N–C) groups is 2. The van der Waals surface area contributed by atoms with Gasteiger partial charge in [-0.25, -0.2) is 0 Å². The number of aromatic hydroxyl groups is 2. The molecule has 0 saturated heterocycles. The van der Waals surface area contributed by atoms with Crippen molar-refractivity contribution in [1.29, 1.82) is 0 Å². The SMILES string of the molecule is CC(=O)[O-].CC(=O)[O-].Cc1cc(C(C)(C)C)cc(C=NCCN=Cc2cc(C(C)(C)C)cc(C)c2O)c1O.[Co+2].